The molecule has 4 rings (SSSR count). The van der Waals surface area contributed by atoms with Crippen LogP contribution in [0.1, 0.15) is 36.6 Å². The highest BCUT2D eigenvalue weighted by Crippen LogP contribution is 2.36. The zero-order valence-corrected chi connectivity index (χ0v) is 28.6. The largest absolute Gasteiger partial charge is 0.493 e. The number of amides is 3. The lowest BCUT2D eigenvalue weighted by Crippen LogP contribution is -2.45. The van der Waals surface area contributed by atoms with Crippen molar-refractivity contribution in [2.24, 2.45) is 5.10 Å². The Morgan fingerprint density at radius 3 is 2.50 bits per heavy atom. The van der Waals surface area contributed by atoms with Crippen LogP contribution in [0.2, 0.25) is 15.1 Å². The van der Waals surface area contributed by atoms with Crippen molar-refractivity contribution in [1.82, 2.24) is 16.1 Å². The molecule has 1 aliphatic heterocycles. The maximum absolute atomic E-state index is 12.6. The second kappa shape index (κ2) is 16.0. The molecule has 11 nitrogen and oxygen atoms in total. The number of rotatable bonds is 12. The number of carbonyl (C=O) groups excluding carboxylic acids is 3. The van der Waals surface area contributed by atoms with Gasteiger partial charge < -0.3 is 29.6 Å². The summed E-state index contributed by atoms with van der Waals surface area (Å²) in [6.45, 7) is 3.32. The summed E-state index contributed by atoms with van der Waals surface area (Å²) in [7, 11) is 1.43. The Morgan fingerprint density at radius 2 is 1.80 bits per heavy atom. The quantitative estimate of drug-likeness (QED) is 0.106. The van der Waals surface area contributed by atoms with Crippen LogP contribution in [-0.4, -0.2) is 44.4 Å². The number of benzene rings is 3. The van der Waals surface area contributed by atoms with Crippen LogP contribution in [0.5, 0.6) is 17.2 Å². The summed E-state index contributed by atoms with van der Waals surface area (Å²) >= 11 is 21.9. The number of halogens is 4. The van der Waals surface area contributed by atoms with Gasteiger partial charge in [-0.3, -0.25) is 4.79 Å². The van der Waals surface area contributed by atoms with Gasteiger partial charge in [0.25, 0.3) is 5.91 Å². The molecule has 0 fully saturated rings. The first-order chi connectivity index (χ1) is 22.0. The zero-order chi connectivity index (χ0) is 33.4. The maximum Gasteiger partial charge on any atom is 0.338 e. The number of carbonyl (C=O) groups is 3. The topological polar surface area (TPSA) is 137 Å². The van der Waals surface area contributed by atoms with Crippen LogP contribution in [0.3, 0.4) is 0 Å². The predicted molar refractivity (Wildman–Crippen MR) is 178 cm³/mol. The summed E-state index contributed by atoms with van der Waals surface area (Å²) < 4.78 is 22.7. The average Bonchev–Trinajstić information content (AvgIpc) is 3.01. The third-order valence-electron chi connectivity index (χ3n) is 6.43. The lowest BCUT2D eigenvalue weighted by Gasteiger charge is -2.28. The summed E-state index contributed by atoms with van der Waals surface area (Å²) in [6, 6.07) is 12.1. The molecule has 0 radical (unpaired) electrons. The Labute approximate surface area is 288 Å². The van der Waals surface area contributed by atoms with E-state index in [9.17, 15) is 14.4 Å². The Bertz CT molecular complexity index is 1690. The lowest BCUT2D eigenvalue weighted by atomic mass is 9.95. The molecular formula is C31H28BrCl3N4O7. The number of urea groups is 1. The molecule has 1 aliphatic rings. The van der Waals surface area contributed by atoms with Crippen LogP contribution in [-0.2, 0) is 20.9 Å². The molecule has 3 aromatic rings. The van der Waals surface area contributed by atoms with Crippen LogP contribution >= 0.6 is 50.7 Å². The Morgan fingerprint density at radius 1 is 1.02 bits per heavy atom. The fourth-order valence-corrected chi connectivity index (χ4v) is 5.65. The molecular weight excluding hydrogens is 727 g/mol. The van der Waals surface area contributed by atoms with Gasteiger partial charge in [0.05, 0.1) is 51.1 Å². The fourth-order valence-electron chi connectivity index (χ4n) is 4.34. The number of nitrogens with one attached hydrogen (secondary N) is 3. The molecule has 0 saturated carbocycles. The number of esters is 1. The molecule has 242 valence electrons. The highest BCUT2D eigenvalue weighted by Gasteiger charge is 2.32. The SMILES string of the molecule is CCOC(=O)C1=C(C)NC(=O)N[C@@H]1c1ccc(OCC(=O)N/N=C\c2cc(Cl)c(OCc3ccc(Cl)c(Cl)c3)c(Br)c2)c(OC)c1. The van der Waals surface area contributed by atoms with Crippen molar-refractivity contribution in [3.8, 4) is 17.2 Å². The summed E-state index contributed by atoms with van der Waals surface area (Å²) in [5.74, 6) is -0.136. The standard InChI is InChI=1S/C31H28BrCl3N4O7/c1-4-44-30(41)27-16(2)37-31(42)38-28(27)19-6-8-24(25(12-19)43-3)45-15-26(40)39-36-13-18-9-20(32)29(23(35)11-18)46-14-17-5-7-21(33)22(34)10-17/h5-13,28H,4,14-15H2,1-3H3,(H,39,40)(H2,37,38,42)/b36-13-/t28-/m1/s1. The third kappa shape index (κ3) is 8.85. The minimum absolute atomic E-state index is 0.174. The number of hydrogen-bond acceptors (Lipinski definition) is 8. The zero-order valence-electron chi connectivity index (χ0n) is 24.7. The van der Waals surface area contributed by atoms with Crippen molar-refractivity contribution in [3.63, 3.8) is 0 Å². The summed E-state index contributed by atoms with van der Waals surface area (Å²) in [5, 5.41) is 10.5. The van der Waals surface area contributed by atoms with E-state index in [1.165, 1.54) is 13.3 Å². The van der Waals surface area contributed by atoms with Gasteiger partial charge in [-0.2, -0.15) is 5.10 Å². The Kier molecular flexibility index (Phi) is 12.2. The third-order valence-corrected chi connectivity index (χ3v) is 8.04. The molecule has 3 N–H and O–H groups in total. The predicted octanol–water partition coefficient (Wildman–Crippen LogP) is 6.72. The highest BCUT2D eigenvalue weighted by molar-refractivity contribution is 9.10. The molecule has 46 heavy (non-hydrogen) atoms. The second-order valence-corrected chi connectivity index (χ2v) is 11.7. The Balaban J connectivity index is 1.35. The van der Waals surface area contributed by atoms with E-state index in [-0.39, 0.29) is 36.9 Å². The van der Waals surface area contributed by atoms with E-state index in [4.69, 9.17) is 53.8 Å². The van der Waals surface area contributed by atoms with Gasteiger partial charge in [0.15, 0.2) is 23.9 Å². The molecule has 3 amide bonds. The van der Waals surface area contributed by atoms with Crippen molar-refractivity contribution >= 4 is 74.9 Å². The molecule has 0 aromatic heterocycles. The van der Waals surface area contributed by atoms with Crippen molar-refractivity contribution in [2.45, 2.75) is 26.5 Å². The first-order valence-electron chi connectivity index (χ1n) is 13.6. The average molecular weight is 755 g/mol. The number of nitrogens with zero attached hydrogens (tertiary/aromatic N) is 1. The molecule has 1 atom stereocenters. The van der Waals surface area contributed by atoms with Gasteiger partial charge in [0, 0.05) is 5.70 Å². The van der Waals surface area contributed by atoms with Crippen molar-refractivity contribution in [3.05, 3.63) is 96.0 Å². The molecule has 0 saturated heterocycles. The molecule has 3 aromatic carbocycles. The second-order valence-electron chi connectivity index (χ2n) is 9.63. The fraction of sp³-hybridized carbons (Fsp3) is 0.226. The molecule has 0 aliphatic carbocycles. The van der Waals surface area contributed by atoms with Crippen LogP contribution in [0, 0.1) is 0 Å². The van der Waals surface area contributed by atoms with Crippen molar-refractivity contribution in [1.29, 1.82) is 0 Å². The first kappa shape index (κ1) is 34.9. The molecule has 0 bridgehead atoms. The minimum atomic E-state index is -0.787. The molecule has 0 unspecified atom stereocenters. The molecule has 0 spiro atoms. The summed E-state index contributed by atoms with van der Waals surface area (Å²) in [4.78, 5) is 37.2. The van der Waals surface area contributed by atoms with E-state index < -0.39 is 23.9 Å². The van der Waals surface area contributed by atoms with Gasteiger partial charge >= 0.3 is 12.0 Å². The smallest absolute Gasteiger partial charge is 0.338 e. The van der Waals surface area contributed by atoms with E-state index in [2.05, 4.69) is 37.1 Å². The maximum atomic E-state index is 12.6. The number of ether oxygens (including phenoxy) is 4. The van der Waals surface area contributed by atoms with Gasteiger partial charge in [-0.1, -0.05) is 46.9 Å². The summed E-state index contributed by atoms with van der Waals surface area (Å²) in [5.41, 5.74) is 4.98. The number of hydrazone groups is 1. The number of hydrogen-bond donors (Lipinski definition) is 3. The van der Waals surface area contributed by atoms with Crippen molar-refractivity contribution in [2.75, 3.05) is 20.3 Å². The van der Waals surface area contributed by atoms with E-state index in [1.54, 1.807) is 62.4 Å². The number of methoxy groups -OCH3 is 1. The van der Waals surface area contributed by atoms with Crippen LogP contribution < -0.4 is 30.3 Å². The van der Waals surface area contributed by atoms with Crippen molar-refractivity contribution < 1.29 is 33.3 Å². The van der Waals surface area contributed by atoms with E-state index >= 15 is 0 Å². The van der Waals surface area contributed by atoms with E-state index in [1.807, 2.05) is 0 Å². The lowest BCUT2D eigenvalue weighted by molar-refractivity contribution is -0.139. The highest BCUT2D eigenvalue weighted by atomic mass is 79.9. The van der Waals surface area contributed by atoms with Gasteiger partial charge in [-0.25, -0.2) is 15.0 Å². The monoisotopic (exact) mass is 752 g/mol. The van der Waals surface area contributed by atoms with Crippen LogP contribution in [0.4, 0.5) is 4.79 Å². The Hall–Kier alpha value is -3.97. The van der Waals surface area contributed by atoms with Gasteiger partial charge in [0.2, 0.25) is 0 Å². The van der Waals surface area contributed by atoms with Gasteiger partial charge in [0.1, 0.15) is 6.61 Å². The minimum Gasteiger partial charge on any atom is -0.493 e. The van der Waals surface area contributed by atoms with Gasteiger partial charge in [-0.05, 0) is 82.9 Å². The first-order valence-corrected chi connectivity index (χ1v) is 15.6. The van der Waals surface area contributed by atoms with Crippen LogP contribution in [0.25, 0.3) is 0 Å². The van der Waals surface area contributed by atoms with E-state index in [0.29, 0.717) is 42.1 Å². The van der Waals surface area contributed by atoms with Crippen LogP contribution in [0.15, 0.2) is 69.4 Å². The normalized spacial score (nSPS) is 14.4. The summed E-state index contributed by atoms with van der Waals surface area (Å²) in [6.07, 6.45) is 1.41. The molecule has 1 heterocycles. The van der Waals surface area contributed by atoms with Gasteiger partial charge in [-0.15, -0.1) is 0 Å². The molecule has 15 heteroatoms. The number of allylic oxidation sites excluding steroid dienone is 1. The van der Waals surface area contributed by atoms with E-state index in [0.717, 1.165) is 5.56 Å².